The maximum absolute atomic E-state index is 12.8. The van der Waals surface area contributed by atoms with Gasteiger partial charge in [-0.3, -0.25) is 14.4 Å². The predicted molar refractivity (Wildman–Crippen MR) is 105 cm³/mol. The van der Waals surface area contributed by atoms with Gasteiger partial charge in [-0.1, -0.05) is 0 Å². The number of hydrogen-bond acceptors (Lipinski definition) is 5. The van der Waals surface area contributed by atoms with Crippen LogP contribution in [0.5, 0.6) is 0 Å². The van der Waals surface area contributed by atoms with E-state index >= 15 is 0 Å². The first kappa shape index (κ1) is 19.9. The molecule has 0 aromatic carbocycles. The molecule has 0 radical (unpaired) electrons. The summed E-state index contributed by atoms with van der Waals surface area (Å²) in [5.74, 6) is -0.819. The monoisotopic (exact) mass is 422 g/mol. The average molecular weight is 423 g/mol. The molecule has 3 aliphatic heterocycles. The highest BCUT2D eigenvalue weighted by Gasteiger charge is 2.36. The maximum Gasteiger partial charge on any atom is 0.270 e. The molecule has 3 fully saturated rings. The van der Waals surface area contributed by atoms with Crippen molar-refractivity contribution in [3.63, 3.8) is 0 Å². The van der Waals surface area contributed by atoms with Crippen LogP contribution in [0.25, 0.3) is 0 Å². The van der Waals surface area contributed by atoms with Crippen LogP contribution in [0, 0.1) is 5.92 Å². The molecule has 3 amide bonds. The van der Waals surface area contributed by atoms with Crippen LogP contribution < -0.4 is 0 Å². The van der Waals surface area contributed by atoms with Crippen LogP contribution in [0.2, 0.25) is 0 Å². The summed E-state index contributed by atoms with van der Waals surface area (Å²) in [5.41, 5.74) is 0.862. The minimum absolute atomic E-state index is 0.0673. The van der Waals surface area contributed by atoms with E-state index in [2.05, 4.69) is 4.98 Å². The number of nitrogens with one attached hydrogen (secondary N) is 1. The maximum atomic E-state index is 12.8. The van der Waals surface area contributed by atoms with E-state index in [0.717, 1.165) is 25.9 Å². The lowest BCUT2D eigenvalue weighted by Crippen LogP contribution is -2.52. The van der Waals surface area contributed by atoms with E-state index < -0.39 is 15.8 Å². The first-order valence-electron chi connectivity index (χ1n) is 10.1. The van der Waals surface area contributed by atoms with Crippen molar-refractivity contribution in [2.75, 3.05) is 50.8 Å². The van der Waals surface area contributed by atoms with Gasteiger partial charge in [0.25, 0.3) is 11.8 Å². The van der Waals surface area contributed by atoms with Crippen molar-refractivity contribution in [1.82, 2.24) is 19.7 Å². The van der Waals surface area contributed by atoms with Gasteiger partial charge in [-0.05, 0) is 25.3 Å². The molecule has 0 spiro atoms. The van der Waals surface area contributed by atoms with E-state index in [1.54, 1.807) is 27.0 Å². The molecule has 158 valence electrons. The van der Waals surface area contributed by atoms with Crippen molar-refractivity contribution in [2.24, 2.45) is 5.92 Å². The summed E-state index contributed by atoms with van der Waals surface area (Å²) in [4.78, 5) is 45.8. The van der Waals surface area contributed by atoms with Gasteiger partial charge in [-0.2, -0.15) is 0 Å². The van der Waals surface area contributed by atoms with Crippen molar-refractivity contribution in [3.05, 3.63) is 23.5 Å². The molecule has 1 N–H and O–H groups in total. The Morgan fingerprint density at radius 3 is 2.14 bits per heavy atom. The zero-order valence-electron chi connectivity index (χ0n) is 16.3. The molecular formula is C19H26N4O5S. The van der Waals surface area contributed by atoms with Gasteiger partial charge >= 0.3 is 0 Å². The van der Waals surface area contributed by atoms with E-state index in [0.29, 0.717) is 43.9 Å². The van der Waals surface area contributed by atoms with Crippen LogP contribution in [0.4, 0.5) is 0 Å². The van der Waals surface area contributed by atoms with Gasteiger partial charge in [0.1, 0.15) is 5.69 Å². The SMILES string of the molecule is O=C(c1c[nH]c(C(=O)N2CCCC2)c1)N1CCN(C(=O)[C@@H]2CCS(=O)(=O)C2)CC1. The lowest BCUT2D eigenvalue weighted by Gasteiger charge is -2.35. The van der Waals surface area contributed by atoms with Crippen molar-refractivity contribution in [1.29, 1.82) is 0 Å². The first-order valence-corrected chi connectivity index (χ1v) is 11.9. The Labute approximate surface area is 169 Å². The molecule has 0 saturated carbocycles. The van der Waals surface area contributed by atoms with Crippen LogP contribution in [-0.2, 0) is 14.6 Å². The number of aromatic nitrogens is 1. The molecule has 9 nitrogen and oxygen atoms in total. The zero-order chi connectivity index (χ0) is 20.6. The summed E-state index contributed by atoms with van der Waals surface area (Å²) in [6.45, 7) is 3.07. The van der Waals surface area contributed by atoms with E-state index in [9.17, 15) is 22.8 Å². The third-order valence-corrected chi connectivity index (χ3v) is 7.78. The van der Waals surface area contributed by atoms with Gasteiger partial charge in [0.15, 0.2) is 9.84 Å². The second-order valence-electron chi connectivity index (χ2n) is 8.02. The predicted octanol–water partition coefficient (Wildman–Crippen LogP) is -0.0302. The summed E-state index contributed by atoms with van der Waals surface area (Å²) in [5, 5.41) is 0. The van der Waals surface area contributed by atoms with E-state index in [4.69, 9.17) is 0 Å². The smallest absolute Gasteiger partial charge is 0.270 e. The second-order valence-corrected chi connectivity index (χ2v) is 10.2. The number of aromatic amines is 1. The first-order chi connectivity index (χ1) is 13.8. The van der Waals surface area contributed by atoms with Crippen LogP contribution in [-0.4, -0.2) is 96.6 Å². The molecule has 0 unspecified atom stereocenters. The van der Waals surface area contributed by atoms with Crippen LogP contribution in [0.3, 0.4) is 0 Å². The summed E-state index contributed by atoms with van der Waals surface area (Å²) >= 11 is 0. The third-order valence-electron chi connectivity index (χ3n) is 6.01. The molecule has 1 aromatic heterocycles. The highest BCUT2D eigenvalue weighted by atomic mass is 32.2. The Bertz CT molecular complexity index is 911. The Hall–Kier alpha value is -2.36. The van der Waals surface area contributed by atoms with E-state index in [1.165, 1.54) is 0 Å². The van der Waals surface area contributed by atoms with Gasteiger partial charge in [0.2, 0.25) is 5.91 Å². The van der Waals surface area contributed by atoms with Crippen LogP contribution in [0.15, 0.2) is 12.3 Å². The summed E-state index contributed by atoms with van der Waals surface area (Å²) in [6, 6.07) is 1.60. The van der Waals surface area contributed by atoms with Gasteiger partial charge in [0, 0.05) is 45.5 Å². The molecule has 29 heavy (non-hydrogen) atoms. The minimum Gasteiger partial charge on any atom is -0.356 e. The van der Waals surface area contributed by atoms with Crippen molar-refractivity contribution >= 4 is 27.6 Å². The third kappa shape index (κ3) is 4.17. The average Bonchev–Trinajstić information content (AvgIpc) is 3.47. The van der Waals surface area contributed by atoms with Gasteiger partial charge in [0.05, 0.1) is 23.0 Å². The number of rotatable bonds is 3. The summed E-state index contributed by atoms with van der Waals surface area (Å²) in [6.07, 6.45) is 3.96. The molecule has 0 aliphatic carbocycles. The molecule has 1 aromatic rings. The van der Waals surface area contributed by atoms with Crippen molar-refractivity contribution in [3.8, 4) is 0 Å². The van der Waals surface area contributed by atoms with Crippen molar-refractivity contribution < 1.29 is 22.8 Å². The molecule has 4 heterocycles. The normalized spacial score (nSPS) is 24.1. The second kappa shape index (κ2) is 7.81. The highest BCUT2D eigenvalue weighted by molar-refractivity contribution is 7.91. The number of sulfone groups is 1. The fraction of sp³-hybridized carbons (Fsp3) is 0.632. The number of H-pyrrole nitrogens is 1. The van der Waals surface area contributed by atoms with E-state index in [-0.39, 0.29) is 29.2 Å². The molecule has 1 atom stereocenters. The number of carbonyl (C=O) groups excluding carboxylic acids is 3. The fourth-order valence-corrected chi connectivity index (χ4v) is 6.02. The number of hydrogen-bond donors (Lipinski definition) is 1. The number of likely N-dealkylation sites (tertiary alicyclic amines) is 1. The molecule has 10 heteroatoms. The quantitative estimate of drug-likeness (QED) is 0.735. The Morgan fingerprint density at radius 2 is 1.52 bits per heavy atom. The van der Waals surface area contributed by atoms with Crippen LogP contribution >= 0.6 is 0 Å². The van der Waals surface area contributed by atoms with Crippen LogP contribution in [0.1, 0.15) is 40.1 Å². The molecule has 0 bridgehead atoms. The lowest BCUT2D eigenvalue weighted by molar-refractivity contribution is -0.136. The van der Waals surface area contributed by atoms with Gasteiger partial charge in [-0.15, -0.1) is 0 Å². The number of amides is 3. The minimum atomic E-state index is -3.10. The lowest BCUT2D eigenvalue weighted by atomic mass is 10.1. The summed E-state index contributed by atoms with van der Waals surface area (Å²) < 4.78 is 23.2. The number of nitrogens with zero attached hydrogens (tertiary/aromatic N) is 3. The molecule has 3 aliphatic rings. The largest absolute Gasteiger partial charge is 0.356 e. The molecular weight excluding hydrogens is 396 g/mol. The van der Waals surface area contributed by atoms with Gasteiger partial charge in [-0.25, -0.2) is 8.42 Å². The van der Waals surface area contributed by atoms with Gasteiger partial charge < -0.3 is 19.7 Å². The Balaban J connectivity index is 1.32. The topological polar surface area (TPSA) is 111 Å². The summed E-state index contributed by atoms with van der Waals surface area (Å²) in [7, 11) is -3.10. The van der Waals surface area contributed by atoms with Crippen molar-refractivity contribution in [2.45, 2.75) is 19.3 Å². The Kier molecular flexibility index (Phi) is 5.37. The number of carbonyl (C=O) groups is 3. The number of piperazine rings is 1. The Morgan fingerprint density at radius 1 is 0.897 bits per heavy atom. The fourth-order valence-electron chi connectivity index (χ4n) is 4.29. The standard InChI is InChI=1S/C19H26N4O5S/c24-17(14-3-10-29(27,28)13-14)22-6-8-23(9-7-22)18(25)15-11-16(20-12-15)19(26)21-4-1-2-5-21/h11-12,14,20H,1-10,13H2/t14-/m1/s1. The zero-order valence-corrected chi connectivity index (χ0v) is 17.1. The van der Waals surface area contributed by atoms with E-state index in [1.807, 2.05) is 0 Å². The molecule has 4 rings (SSSR count). The molecule has 3 saturated heterocycles. The highest BCUT2D eigenvalue weighted by Crippen LogP contribution is 2.22.